The maximum Gasteiger partial charge on any atom is 0.130 e. The van der Waals surface area contributed by atoms with E-state index < -0.39 is 0 Å². The molecule has 1 aromatic carbocycles. The van der Waals surface area contributed by atoms with Crippen molar-refractivity contribution in [2.75, 3.05) is 6.61 Å². The molecule has 3 nitrogen and oxygen atoms in total. The van der Waals surface area contributed by atoms with Crippen molar-refractivity contribution in [3.05, 3.63) is 48.2 Å². The largest absolute Gasteiger partial charge is 0.492 e. The highest BCUT2D eigenvalue weighted by molar-refractivity contribution is 5.85. The molecule has 2 aromatic rings. The summed E-state index contributed by atoms with van der Waals surface area (Å²) in [5.41, 5.74) is 3.19. The van der Waals surface area contributed by atoms with E-state index in [-0.39, 0.29) is 0 Å². The zero-order valence-electron chi connectivity index (χ0n) is 12.6. The molecule has 1 saturated carbocycles. The molecule has 1 fully saturated rings. The summed E-state index contributed by atoms with van der Waals surface area (Å²) in [6.07, 6.45) is 3.46. The summed E-state index contributed by atoms with van der Waals surface area (Å²) in [5.74, 6) is 0.925. The van der Waals surface area contributed by atoms with Crippen LogP contribution in [-0.2, 0) is 6.54 Å². The first-order chi connectivity index (χ1) is 10.2. The lowest BCUT2D eigenvalue weighted by atomic mass is 10.1. The molecule has 0 aliphatic heterocycles. The van der Waals surface area contributed by atoms with Crippen molar-refractivity contribution >= 4 is 10.9 Å². The van der Waals surface area contributed by atoms with Gasteiger partial charge in [0.15, 0.2) is 0 Å². The molecule has 21 heavy (non-hydrogen) atoms. The van der Waals surface area contributed by atoms with Crippen molar-refractivity contribution < 1.29 is 4.74 Å². The van der Waals surface area contributed by atoms with E-state index in [0.717, 1.165) is 40.9 Å². The second kappa shape index (κ2) is 6.27. The Hall–Kier alpha value is -1.87. The van der Waals surface area contributed by atoms with Crippen molar-refractivity contribution in [3.8, 4) is 5.75 Å². The van der Waals surface area contributed by atoms with Gasteiger partial charge in [0, 0.05) is 30.5 Å². The van der Waals surface area contributed by atoms with Crippen LogP contribution in [-0.4, -0.2) is 17.6 Å². The van der Waals surface area contributed by atoms with E-state index in [9.17, 15) is 0 Å². The Labute approximate surface area is 126 Å². The standard InChI is InChI=1S/C18H22N2O/c1-13(2)9-10-21-18-11-15(12-19-14-7-8-14)20-17-6-4-3-5-16(17)18/h3-6,11,14,19H,1,7-10,12H2,2H3. The van der Waals surface area contributed by atoms with Gasteiger partial charge in [-0.1, -0.05) is 17.7 Å². The lowest BCUT2D eigenvalue weighted by Crippen LogP contribution is -2.16. The van der Waals surface area contributed by atoms with Gasteiger partial charge < -0.3 is 10.1 Å². The van der Waals surface area contributed by atoms with E-state index in [1.807, 2.05) is 25.1 Å². The minimum Gasteiger partial charge on any atom is -0.492 e. The molecule has 110 valence electrons. The predicted octanol–water partition coefficient (Wildman–Crippen LogP) is 3.83. The van der Waals surface area contributed by atoms with Gasteiger partial charge in [0.05, 0.1) is 17.8 Å². The van der Waals surface area contributed by atoms with Crippen LogP contribution >= 0.6 is 0 Å². The quantitative estimate of drug-likeness (QED) is 0.784. The zero-order valence-corrected chi connectivity index (χ0v) is 12.6. The molecule has 1 heterocycles. The molecule has 0 amide bonds. The molecule has 0 radical (unpaired) electrons. The third-order valence-electron chi connectivity index (χ3n) is 3.67. The van der Waals surface area contributed by atoms with Gasteiger partial charge in [-0.05, 0) is 31.9 Å². The molecule has 0 unspecified atom stereocenters. The molecule has 0 bridgehead atoms. The van der Waals surface area contributed by atoms with Crippen molar-refractivity contribution in [3.63, 3.8) is 0 Å². The summed E-state index contributed by atoms with van der Waals surface area (Å²) in [4.78, 5) is 4.72. The number of hydrogen-bond acceptors (Lipinski definition) is 3. The molecule has 0 atom stereocenters. The van der Waals surface area contributed by atoms with E-state index in [1.54, 1.807) is 0 Å². The van der Waals surface area contributed by atoms with Crippen LogP contribution in [0.1, 0.15) is 31.9 Å². The zero-order chi connectivity index (χ0) is 14.7. The van der Waals surface area contributed by atoms with Gasteiger partial charge in [0.25, 0.3) is 0 Å². The number of pyridine rings is 1. The number of nitrogens with one attached hydrogen (secondary N) is 1. The van der Waals surface area contributed by atoms with Crippen LogP contribution in [0.3, 0.4) is 0 Å². The molecule has 3 rings (SSSR count). The maximum atomic E-state index is 5.96. The summed E-state index contributed by atoms with van der Waals surface area (Å²) < 4.78 is 5.96. The third-order valence-corrected chi connectivity index (χ3v) is 3.67. The first kappa shape index (κ1) is 14.1. The number of nitrogens with zero attached hydrogens (tertiary/aromatic N) is 1. The number of fused-ring (bicyclic) bond motifs is 1. The maximum absolute atomic E-state index is 5.96. The van der Waals surface area contributed by atoms with Gasteiger partial charge >= 0.3 is 0 Å². The Balaban J connectivity index is 1.81. The summed E-state index contributed by atoms with van der Waals surface area (Å²) in [5, 5.41) is 4.59. The van der Waals surface area contributed by atoms with E-state index in [0.29, 0.717) is 12.6 Å². The second-order valence-electron chi connectivity index (χ2n) is 5.84. The van der Waals surface area contributed by atoms with Crippen molar-refractivity contribution in [2.45, 2.75) is 38.8 Å². The summed E-state index contributed by atoms with van der Waals surface area (Å²) in [6, 6.07) is 10.9. The Morgan fingerprint density at radius 1 is 1.38 bits per heavy atom. The van der Waals surface area contributed by atoms with E-state index in [1.165, 1.54) is 12.8 Å². The summed E-state index contributed by atoms with van der Waals surface area (Å²) >= 11 is 0. The SMILES string of the molecule is C=C(C)CCOc1cc(CNC2CC2)nc2ccccc12. The van der Waals surface area contributed by atoms with Gasteiger partial charge in [-0.3, -0.25) is 4.98 Å². The average Bonchev–Trinajstić information content (AvgIpc) is 3.29. The van der Waals surface area contributed by atoms with Crippen molar-refractivity contribution in [1.29, 1.82) is 0 Å². The lowest BCUT2D eigenvalue weighted by molar-refractivity contribution is 0.325. The second-order valence-corrected chi connectivity index (χ2v) is 5.84. The first-order valence-electron chi connectivity index (χ1n) is 7.61. The smallest absolute Gasteiger partial charge is 0.130 e. The molecule has 0 spiro atoms. The van der Waals surface area contributed by atoms with Gasteiger partial charge in [-0.2, -0.15) is 0 Å². The van der Waals surface area contributed by atoms with E-state index in [2.05, 4.69) is 24.0 Å². The van der Waals surface area contributed by atoms with Crippen LogP contribution in [0, 0.1) is 0 Å². The fourth-order valence-corrected chi connectivity index (χ4v) is 2.28. The number of hydrogen-bond donors (Lipinski definition) is 1. The Kier molecular flexibility index (Phi) is 4.20. The average molecular weight is 282 g/mol. The number of benzene rings is 1. The van der Waals surface area contributed by atoms with Crippen molar-refractivity contribution in [1.82, 2.24) is 10.3 Å². The number of para-hydroxylation sites is 1. The molecule has 3 heteroatoms. The summed E-state index contributed by atoms with van der Waals surface area (Å²) in [7, 11) is 0. The highest BCUT2D eigenvalue weighted by Gasteiger charge is 2.20. The lowest BCUT2D eigenvalue weighted by Gasteiger charge is -2.12. The Morgan fingerprint density at radius 3 is 2.95 bits per heavy atom. The molecular formula is C18H22N2O. The molecule has 1 aromatic heterocycles. The fourth-order valence-electron chi connectivity index (χ4n) is 2.28. The van der Waals surface area contributed by atoms with Crippen molar-refractivity contribution in [2.24, 2.45) is 0 Å². The minimum absolute atomic E-state index is 0.666. The molecule has 0 saturated heterocycles. The minimum atomic E-state index is 0.666. The molecule has 1 aliphatic carbocycles. The number of ether oxygens (including phenoxy) is 1. The van der Waals surface area contributed by atoms with Gasteiger partial charge in [-0.15, -0.1) is 6.58 Å². The first-order valence-corrected chi connectivity index (χ1v) is 7.61. The van der Waals surface area contributed by atoms with Crippen LogP contribution in [0.5, 0.6) is 5.75 Å². The van der Waals surface area contributed by atoms with Crippen LogP contribution in [0.2, 0.25) is 0 Å². The van der Waals surface area contributed by atoms with Gasteiger partial charge in [-0.25, -0.2) is 0 Å². The highest BCUT2D eigenvalue weighted by Crippen LogP contribution is 2.26. The predicted molar refractivity (Wildman–Crippen MR) is 86.5 cm³/mol. The van der Waals surface area contributed by atoms with E-state index >= 15 is 0 Å². The molecular weight excluding hydrogens is 260 g/mol. The van der Waals surface area contributed by atoms with Crippen LogP contribution < -0.4 is 10.1 Å². The molecule has 1 N–H and O–H groups in total. The number of rotatable bonds is 7. The van der Waals surface area contributed by atoms with Crippen LogP contribution in [0.25, 0.3) is 10.9 Å². The van der Waals surface area contributed by atoms with Gasteiger partial charge in [0.1, 0.15) is 5.75 Å². The van der Waals surface area contributed by atoms with Gasteiger partial charge in [0.2, 0.25) is 0 Å². The van der Waals surface area contributed by atoms with Crippen LogP contribution in [0.15, 0.2) is 42.5 Å². The number of aromatic nitrogens is 1. The fraction of sp³-hybridized carbons (Fsp3) is 0.389. The normalized spacial score (nSPS) is 14.3. The van der Waals surface area contributed by atoms with E-state index in [4.69, 9.17) is 9.72 Å². The Morgan fingerprint density at radius 2 is 2.19 bits per heavy atom. The Bertz CT molecular complexity index is 647. The van der Waals surface area contributed by atoms with Crippen LogP contribution in [0.4, 0.5) is 0 Å². The third kappa shape index (κ3) is 3.82. The highest BCUT2D eigenvalue weighted by atomic mass is 16.5. The molecule has 1 aliphatic rings. The summed E-state index contributed by atoms with van der Waals surface area (Å²) in [6.45, 7) is 7.42. The topological polar surface area (TPSA) is 34.1 Å². The monoisotopic (exact) mass is 282 g/mol.